The summed E-state index contributed by atoms with van der Waals surface area (Å²) in [5.74, 6) is 0.692. The Kier molecular flexibility index (Phi) is 5.50. The second-order valence-corrected chi connectivity index (χ2v) is 5.98. The smallest absolute Gasteiger partial charge is 0.299 e. The number of nitrogens with one attached hydrogen (secondary N) is 1. The summed E-state index contributed by atoms with van der Waals surface area (Å²) in [6.45, 7) is 0. The van der Waals surface area contributed by atoms with Crippen LogP contribution < -0.4 is 10.1 Å². The van der Waals surface area contributed by atoms with Crippen LogP contribution in [0.3, 0.4) is 0 Å². The molecule has 0 spiro atoms. The summed E-state index contributed by atoms with van der Waals surface area (Å²) in [5, 5.41) is 25.6. The number of rotatable bonds is 7. The summed E-state index contributed by atoms with van der Waals surface area (Å²) >= 11 is 0. The van der Waals surface area contributed by atoms with E-state index in [1.54, 1.807) is 19.2 Å². The summed E-state index contributed by atoms with van der Waals surface area (Å²) in [6, 6.07) is 19.9. The molecular weight excluding hydrogens is 362 g/mol. The van der Waals surface area contributed by atoms with Crippen molar-refractivity contribution in [2.75, 3.05) is 12.4 Å². The van der Waals surface area contributed by atoms with E-state index < -0.39 is 15.9 Å². The Hall–Kier alpha value is -3.94. The van der Waals surface area contributed by atoms with Gasteiger partial charge >= 0.3 is 0 Å². The highest BCUT2D eigenvalue weighted by atomic mass is 16.6. The van der Waals surface area contributed by atoms with Crippen LogP contribution in [0.25, 0.3) is 0 Å². The van der Waals surface area contributed by atoms with Gasteiger partial charge in [-0.05, 0) is 29.3 Å². The maximum absolute atomic E-state index is 11.5. The number of non-ortho nitro benzene ring substituents is 1. The minimum Gasteiger partial charge on any atom is -0.497 e. The average Bonchev–Trinajstić information content (AvgIpc) is 2.72. The lowest BCUT2D eigenvalue weighted by Crippen LogP contribution is -2.13. The van der Waals surface area contributed by atoms with Gasteiger partial charge in [0.2, 0.25) is 0 Å². The molecule has 0 heterocycles. The molecule has 0 aliphatic heterocycles. The van der Waals surface area contributed by atoms with Gasteiger partial charge < -0.3 is 10.1 Å². The zero-order chi connectivity index (χ0) is 20.1. The van der Waals surface area contributed by atoms with Gasteiger partial charge in [0.25, 0.3) is 11.4 Å². The second kappa shape index (κ2) is 8.17. The van der Waals surface area contributed by atoms with E-state index in [4.69, 9.17) is 4.74 Å². The normalized spacial score (nSPS) is 11.5. The maximum atomic E-state index is 11.5. The number of benzene rings is 3. The van der Waals surface area contributed by atoms with E-state index in [9.17, 15) is 20.2 Å². The SMILES string of the molecule is COc1ccc([C@H](Nc2ccc([N+](=O)[O-])cc2[N+](=O)[O-])c2ccccc2)cc1. The molecule has 8 heteroatoms. The quantitative estimate of drug-likeness (QED) is 0.470. The van der Waals surface area contributed by atoms with Crippen molar-refractivity contribution in [3.63, 3.8) is 0 Å². The van der Waals surface area contributed by atoms with Gasteiger partial charge in [-0.1, -0.05) is 42.5 Å². The Morgan fingerprint density at radius 2 is 1.50 bits per heavy atom. The van der Waals surface area contributed by atoms with E-state index in [1.807, 2.05) is 42.5 Å². The molecule has 0 saturated heterocycles. The number of nitro benzene ring substituents is 2. The number of methoxy groups -OCH3 is 1. The minimum atomic E-state index is -0.658. The summed E-state index contributed by atoms with van der Waals surface area (Å²) in [4.78, 5) is 21.1. The average molecular weight is 379 g/mol. The standard InChI is InChI=1S/C20H17N3O5/c1-28-17-10-7-15(8-11-17)20(14-5-3-2-4-6-14)21-18-12-9-16(22(24)25)13-19(18)23(26)27/h2-13,20-21H,1H3/t20-/m1/s1. The Bertz CT molecular complexity index is 990. The van der Waals surface area contributed by atoms with E-state index in [2.05, 4.69) is 5.32 Å². The summed E-state index contributed by atoms with van der Waals surface area (Å²) in [6.07, 6.45) is 0. The molecule has 0 radical (unpaired) electrons. The first kappa shape index (κ1) is 18.8. The molecule has 1 N–H and O–H groups in total. The largest absolute Gasteiger partial charge is 0.497 e. The van der Waals surface area contributed by atoms with Crippen LogP contribution in [0.2, 0.25) is 0 Å². The van der Waals surface area contributed by atoms with Crippen LogP contribution >= 0.6 is 0 Å². The summed E-state index contributed by atoms with van der Waals surface area (Å²) in [5.41, 5.74) is 1.25. The molecule has 3 aromatic carbocycles. The van der Waals surface area contributed by atoms with Gasteiger partial charge in [-0.3, -0.25) is 20.2 Å². The first-order valence-electron chi connectivity index (χ1n) is 8.38. The Labute approximate surface area is 160 Å². The highest BCUT2D eigenvalue weighted by Crippen LogP contribution is 2.34. The first-order valence-corrected chi connectivity index (χ1v) is 8.38. The highest BCUT2D eigenvalue weighted by molar-refractivity contribution is 5.67. The van der Waals surface area contributed by atoms with Crippen molar-refractivity contribution in [1.29, 1.82) is 0 Å². The minimum absolute atomic E-state index is 0.195. The van der Waals surface area contributed by atoms with Crippen molar-refractivity contribution in [3.8, 4) is 5.75 Å². The maximum Gasteiger partial charge on any atom is 0.299 e. The number of hydrogen-bond acceptors (Lipinski definition) is 6. The molecule has 0 aromatic heterocycles. The van der Waals surface area contributed by atoms with Crippen LogP contribution in [0, 0.1) is 20.2 Å². The lowest BCUT2D eigenvalue weighted by atomic mass is 9.98. The predicted octanol–water partition coefficient (Wildman–Crippen LogP) is 4.71. The van der Waals surface area contributed by atoms with E-state index in [-0.39, 0.29) is 17.1 Å². The lowest BCUT2D eigenvalue weighted by Gasteiger charge is -2.21. The molecule has 142 valence electrons. The predicted molar refractivity (Wildman–Crippen MR) is 105 cm³/mol. The molecule has 0 fully saturated rings. The second-order valence-electron chi connectivity index (χ2n) is 5.98. The molecule has 0 aliphatic carbocycles. The van der Waals surface area contributed by atoms with E-state index >= 15 is 0 Å². The fraction of sp³-hybridized carbons (Fsp3) is 0.100. The molecular formula is C20H17N3O5. The molecule has 28 heavy (non-hydrogen) atoms. The fourth-order valence-corrected chi connectivity index (χ4v) is 2.86. The van der Waals surface area contributed by atoms with Gasteiger partial charge in [0, 0.05) is 6.07 Å². The van der Waals surface area contributed by atoms with Gasteiger partial charge in [-0.15, -0.1) is 0 Å². The Balaban J connectivity index is 2.04. The van der Waals surface area contributed by atoms with Crippen LogP contribution in [-0.2, 0) is 0 Å². The molecule has 1 atom stereocenters. The van der Waals surface area contributed by atoms with Crippen LogP contribution in [0.4, 0.5) is 17.1 Å². The number of nitro groups is 2. The number of ether oxygens (including phenoxy) is 1. The fourth-order valence-electron chi connectivity index (χ4n) is 2.86. The first-order chi connectivity index (χ1) is 13.5. The number of hydrogen-bond donors (Lipinski definition) is 1. The zero-order valence-electron chi connectivity index (χ0n) is 14.9. The van der Waals surface area contributed by atoms with Gasteiger partial charge in [0.15, 0.2) is 0 Å². The van der Waals surface area contributed by atoms with Gasteiger partial charge in [-0.25, -0.2) is 0 Å². The molecule has 3 rings (SSSR count). The van der Waals surface area contributed by atoms with Gasteiger partial charge in [-0.2, -0.15) is 0 Å². The third-order valence-corrected chi connectivity index (χ3v) is 4.27. The Morgan fingerprint density at radius 3 is 2.07 bits per heavy atom. The molecule has 0 amide bonds. The lowest BCUT2D eigenvalue weighted by molar-refractivity contribution is -0.393. The van der Waals surface area contributed by atoms with Crippen molar-refractivity contribution in [1.82, 2.24) is 0 Å². The summed E-state index contributed by atoms with van der Waals surface area (Å²) < 4.78 is 5.19. The molecule has 8 nitrogen and oxygen atoms in total. The monoisotopic (exact) mass is 379 g/mol. The number of anilines is 1. The number of nitrogens with zero attached hydrogens (tertiary/aromatic N) is 2. The third-order valence-electron chi connectivity index (χ3n) is 4.27. The molecule has 0 bridgehead atoms. The van der Waals surface area contributed by atoms with E-state index in [1.165, 1.54) is 12.1 Å². The van der Waals surface area contributed by atoms with Crippen LogP contribution in [0.15, 0.2) is 72.8 Å². The summed E-state index contributed by atoms with van der Waals surface area (Å²) in [7, 11) is 1.57. The molecule has 3 aromatic rings. The van der Waals surface area contributed by atoms with Crippen LogP contribution in [0.1, 0.15) is 17.2 Å². The van der Waals surface area contributed by atoms with Gasteiger partial charge in [0.05, 0.1) is 29.1 Å². The van der Waals surface area contributed by atoms with Crippen LogP contribution in [-0.4, -0.2) is 17.0 Å². The highest BCUT2D eigenvalue weighted by Gasteiger charge is 2.23. The van der Waals surface area contributed by atoms with Gasteiger partial charge in [0.1, 0.15) is 11.4 Å². The van der Waals surface area contributed by atoms with Crippen molar-refractivity contribution < 1.29 is 14.6 Å². The van der Waals surface area contributed by atoms with Crippen molar-refractivity contribution in [2.24, 2.45) is 0 Å². The molecule has 0 aliphatic rings. The zero-order valence-corrected chi connectivity index (χ0v) is 14.9. The van der Waals surface area contributed by atoms with Crippen molar-refractivity contribution in [3.05, 3.63) is 104 Å². The van der Waals surface area contributed by atoms with Crippen molar-refractivity contribution >= 4 is 17.1 Å². The van der Waals surface area contributed by atoms with Crippen molar-refractivity contribution in [2.45, 2.75) is 6.04 Å². The van der Waals surface area contributed by atoms with Crippen LogP contribution in [0.5, 0.6) is 5.75 Å². The van der Waals surface area contributed by atoms with E-state index in [0.29, 0.717) is 5.75 Å². The Morgan fingerprint density at radius 1 is 0.857 bits per heavy atom. The third kappa shape index (κ3) is 4.07. The topological polar surface area (TPSA) is 108 Å². The van der Waals surface area contributed by atoms with E-state index in [0.717, 1.165) is 17.2 Å². The molecule has 0 unspecified atom stereocenters. The molecule has 0 saturated carbocycles.